The number of carbonyl (C=O) groups is 1. The van der Waals surface area contributed by atoms with Gasteiger partial charge in [-0.15, -0.1) is 11.8 Å². The number of carbonyl (C=O) groups excluding carboxylic acids is 1. The quantitative estimate of drug-likeness (QED) is 0.631. The van der Waals surface area contributed by atoms with Crippen molar-refractivity contribution in [2.75, 3.05) is 13.4 Å². The third kappa shape index (κ3) is 3.56. The number of aromatic amines is 1. The molecule has 1 aliphatic carbocycles. The number of H-pyrrole nitrogens is 1. The van der Waals surface area contributed by atoms with Gasteiger partial charge in [0.25, 0.3) is 5.91 Å². The highest BCUT2D eigenvalue weighted by Gasteiger charge is 2.16. The standard InChI is InChI=1S/C22H24N2O2S/c1-26-21-12-15(27-2)8-9-17(21)22(25)23-13-14-7-10-20-18(11-14)16-5-3-4-6-19(16)24-20/h7-12,24H,3-6,13H2,1-2H3,(H,23,25). The van der Waals surface area contributed by atoms with Gasteiger partial charge in [0, 0.05) is 28.0 Å². The number of benzene rings is 2. The fraction of sp³-hybridized carbons (Fsp3) is 0.318. The van der Waals surface area contributed by atoms with E-state index < -0.39 is 0 Å². The summed E-state index contributed by atoms with van der Waals surface area (Å²) < 4.78 is 5.39. The first-order valence-corrected chi connectivity index (χ1v) is 10.5. The van der Waals surface area contributed by atoms with Gasteiger partial charge < -0.3 is 15.0 Å². The third-order valence-electron chi connectivity index (χ3n) is 5.27. The maximum Gasteiger partial charge on any atom is 0.255 e. The van der Waals surface area contributed by atoms with Crippen LogP contribution in [0.15, 0.2) is 41.3 Å². The topological polar surface area (TPSA) is 54.1 Å². The molecule has 2 aromatic carbocycles. The number of thioether (sulfide) groups is 1. The van der Waals surface area contributed by atoms with Crippen molar-refractivity contribution in [2.45, 2.75) is 37.1 Å². The number of aryl methyl sites for hydroxylation is 2. The van der Waals surface area contributed by atoms with E-state index in [9.17, 15) is 4.79 Å². The number of aromatic nitrogens is 1. The summed E-state index contributed by atoms with van der Waals surface area (Å²) in [6, 6.07) is 12.1. The van der Waals surface area contributed by atoms with Crippen LogP contribution in [0.3, 0.4) is 0 Å². The van der Waals surface area contributed by atoms with Crippen LogP contribution >= 0.6 is 11.8 Å². The Morgan fingerprint density at radius 3 is 2.85 bits per heavy atom. The normalized spacial score (nSPS) is 13.4. The van der Waals surface area contributed by atoms with Crippen molar-refractivity contribution in [3.8, 4) is 5.75 Å². The van der Waals surface area contributed by atoms with Crippen LogP contribution in [0, 0.1) is 0 Å². The van der Waals surface area contributed by atoms with Gasteiger partial charge in [0.05, 0.1) is 12.7 Å². The molecule has 4 nitrogen and oxygen atoms in total. The molecule has 0 saturated carbocycles. The molecule has 0 atom stereocenters. The number of methoxy groups -OCH3 is 1. The Morgan fingerprint density at radius 1 is 1.19 bits per heavy atom. The van der Waals surface area contributed by atoms with Gasteiger partial charge in [-0.05, 0) is 73.4 Å². The summed E-state index contributed by atoms with van der Waals surface area (Å²) >= 11 is 1.63. The molecule has 27 heavy (non-hydrogen) atoms. The van der Waals surface area contributed by atoms with E-state index in [2.05, 4.69) is 28.5 Å². The van der Waals surface area contributed by atoms with Crippen LogP contribution in [0.1, 0.15) is 40.0 Å². The van der Waals surface area contributed by atoms with E-state index in [1.165, 1.54) is 35.0 Å². The summed E-state index contributed by atoms with van der Waals surface area (Å²) in [4.78, 5) is 17.3. The van der Waals surface area contributed by atoms with Crippen molar-refractivity contribution < 1.29 is 9.53 Å². The molecule has 0 bridgehead atoms. The van der Waals surface area contributed by atoms with Gasteiger partial charge in [0.15, 0.2) is 0 Å². The molecule has 0 radical (unpaired) electrons. The van der Waals surface area contributed by atoms with E-state index in [1.54, 1.807) is 18.9 Å². The predicted molar refractivity (Wildman–Crippen MR) is 111 cm³/mol. The van der Waals surface area contributed by atoms with E-state index in [1.807, 2.05) is 24.5 Å². The SMILES string of the molecule is COc1cc(SC)ccc1C(=O)NCc1ccc2[nH]c3c(c2c1)CCCC3. The highest BCUT2D eigenvalue weighted by Crippen LogP contribution is 2.30. The molecule has 1 amide bonds. The van der Waals surface area contributed by atoms with Crippen molar-refractivity contribution in [1.82, 2.24) is 10.3 Å². The Kier molecular flexibility index (Phi) is 5.12. The van der Waals surface area contributed by atoms with Gasteiger partial charge in [0.2, 0.25) is 0 Å². The highest BCUT2D eigenvalue weighted by molar-refractivity contribution is 7.98. The maximum absolute atomic E-state index is 12.6. The molecule has 2 N–H and O–H groups in total. The van der Waals surface area contributed by atoms with Gasteiger partial charge >= 0.3 is 0 Å². The zero-order valence-corrected chi connectivity index (χ0v) is 16.5. The summed E-state index contributed by atoms with van der Waals surface area (Å²) in [5.74, 6) is 0.491. The maximum atomic E-state index is 12.6. The zero-order valence-electron chi connectivity index (χ0n) is 15.7. The number of hydrogen-bond donors (Lipinski definition) is 2. The summed E-state index contributed by atoms with van der Waals surface area (Å²) in [5, 5.41) is 4.33. The van der Waals surface area contributed by atoms with E-state index in [0.717, 1.165) is 23.3 Å². The smallest absolute Gasteiger partial charge is 0.255 e. The van der Waals surface area contributed by atoms with Crippen LogP contribution < -0.4 is 10.1 Å². The van der Waals surface area contributed by atoms with Gasteiger partial charge in [-0.3, -0.25) is 4.79 Å². The fourth-order valence-electron chi connectivity index (χ4n) is 3.83. The minimum Gasteiger partial charge on any atom is -0.496 e. The molecule has 1 aliphatic rings. The first-order valence-electron chi connectivity index (χ1n) is 9.32. The Morgan fingerprint density at radius 2 is 2.04 bits per heavy atom. The Balaban J connectivity index is 1.52. The van der Waals surface area contributed by atoms with Gasteiger partial charge in [-0.1, -0.05) is 6.07 Å². The van der Waals surface area contributed by atoms with E-state index >= 15 is 0 Å². The molecule has 1 aromatic heterocycles. The molecular weight excluding hydrogens is 356 g/mol. The highest BCUT2D eigenvalue weighted by atomic mass is 32.2. The summed E-state index contributed by atoms with van der Waals surface area (Å²) in [6.45, 7) is 0.502. The van der Waals surface area contributed by atoms with Crippen molar-refractivity contribution in [2.24, 2.45) is 0 Å². The first-order chi connectivity index (χ1) is 13.2. The van der Waals surface area contributed by atoms with E-state index in [-0.39, 0.29) is 5.91 Å². The first kappa shape index (κ1) is 18.0. The van der Waals surface area contributed by atoms with Crippen molar-refractivity contribution >= 4 is 28.6 Å². The second kappa shape index (κ2) is 7.69. The number of fused-ring (bicyclic) bond motifs is 3. The minimum atomic E-state index is -0.115. The zero-order chi connectivity index (χ0) is 18.8. The van der Waals surface area contributed by atoms with Crippen LogP contribution in [0.25, 0.3) is 10.9 Å². The lowest BCUT2D eigenvalue weighted by Crippen LogP contribution is -2.23. The fourth-order valence-corrected chi connectivity index (χ4v) is 4.26. The number of nitrogens with one attached hydrogen (secondary N) is 2. The van der Waals surface area contributed by atoms with Gasteiger partial charge in [-0.2, -0.15) is 0 Å². The molecular formula is C22H24N2O2S. The molecule has 5 heteroatoms. The molecule has 3 aromatic rings. The van der Waals surface area contributed by atoms with Crippen LogP contribution in [-0.2, 0) is 19.4 Å². The minimum absolute atomic E-state index is 0.115. The summed E-state index contributed by atoms with van der Waals surface area (Å²) in [7, 11) is 1.60. The molecule has 0 fully saturated rings. The van der Waals surface area contributed by atoms with Crippen LogP contribution in [0.2, 0.25) is 0 Å². The largest absolute Gasteiger partial charge is 0.496 e. The lowest BCUT2D eigenvalue weighted by Gasteiger charge is -2.12. The van der Waals surface area contributed by atoms with Crippen molar-refractivity contribution in [3.05, 3.63) is 58.8 Å². The lowest BCUT2D eigenvalue weighted by atomic mass is 9.95. The van der Waals surface area contributed by atoms with E-state index in [0.29, 0.717) is 17.9 Å². The Bertz CT molecular complexity index is 993. The number of hydrogen-bond acceptors (Lipinski definition) is 3. The van der Waals surface area contributed by atoms with E-state index in [4.69, 9.17) is 4.74 Å². The van der Waals surface area contributed by atoms with Crippen LogP contribution in [-0.4, -0.2) is 24.3 Å². The molecule has 140 valence electrons. The lowest BCUT2D eigenvalue weighted by molar-refractivity contribution is 0.0948. The predicted octanol–water partition coefficient (Wildman–Crippen LogP) is 4.71. The number of rotatable bonds is 5. The van der Waals surface area contributed by atoms with Crippen LogP contribution in [0.5, 0.6) is 5.75 Å². The Labute approximate surface area is 163 Å². The number of ether oxygens (including phenoxy) is 1. The average Bonchev–Trinajstić information content (AvgIpc) is 3.09. The van der Waals surface area contributed by atoms with Gasteiger partial charge in [-0.25, -0.2) is 0 Å². The molecule has 1 heterocycles. The van der Waals surface area contributed by atoms with Crippen molar-refractivity contribution in [1.29, 1.82) is 0 Å². The third-order valence-corrected chi connectivity index (χ3v) is 5.99. The van der Waals surface area contributed by atoms with Gasteiger partial charge in [0.1, 0.15) is 5.75 Å². The molecule has 0 unspecified atom stereocenters. The number of amides is 1. The monoisotopic (exact) mass is 380 g/mol. The molecule has 4 rings (SSSR count). The molecule has 0 aliphatic heterocycles. The Hall–Kier alpha value is -2.40. The van der Waals surface area contributed by atoms with Crippen molar-refractivity contribution in [3.63, 3.8) is 0 Å². The molecule has 0 spiro atoms. The second-order valence-electron chi connectivity index (χ2n) is 6.92. The van der Waals surface area contributed by atoms with Crippen LogP contribution in [0.4, 0.5) is 0 Å². The second-order valence-corrected chi connectivity index (χ2v) is 7.80. The summed E-state index contributed by atoms with van der Waals surface area (Å²) in [5.41, 5.74) is 5.72. The summed E-state index contributed by atoms with van der Waals surface area (Å²) in [6.07, 6.45) is 6.81. The molecule has 0 saturated heterocycles. The average molecular weight is 381 g/mol.